The first-order valence-electron chi connectivity index (χ1n) is 9.62. The zero-order valence-electron chi connectivity index (χ0n) is 16.0. The average molecular weight is 386 g/mol. The molecule has 2 amide bonds. The van der Waals surface area contributed by atoms with Gasteiger partial charge in [-0.3, -0.25) is 19.7 Å². The smallest absolute Gasteiger partial charge is 0.230 e. The number of nitrogens with zero attached hydrogens (tertiary/aromatic N) is 4. The highest BCUT2D eigenvalue weighted by atomic mass is 16.3. The number of hydrogen-bond acceptors (Lipinski definition) is 6. The van der Waals surface area contributed by atoms with E-state index in [0.29, 0.717) is 31.0 Å². The summed E-state index contributed by atoms with van der Waals surface area (Å²) in [5, 5.41) is 20.0. The number of β-amino-alcohol motifs (C(OH)–C–C–N with tert-alkyl or cyclic N) is 1. The Morgan fingerprint density at radius 1 is 1.32 bits per heavy atom. The first-order chi connectivity index (χ1) is 13.5. The van der Waals surface area contributed by atoms with Crippen LogP contribution in [0.1, 0.15) is 38.4 Å². The van der Waals surface area contributed by atoms with Crippen molar-refractivity contribution in [1.29, 1.82) is 0 Å². The van der Waals surface area contributed by atoms with Crippen LogP contribution in [0.2, 0.25) is 0 Å². The first-order valence-corrected chi connectivity index (χ1v) is 9.62. The number of aromatic amines is 1. The van der Waals surface area contributed by atoms with E-state index in [0.717, 1.165) is 18.4 Å². The third kappa shape index (κ3) is 5.35. The molecule has 0 aliphatic carbocycles. The number of aliphatic hydroxyl groups is 1. The van der Waals surface area contributed by atoms with Crippen molar-refractivity contribution in [2.75, 3.05) is 13.1 Å². The van der Waals surface area contributed by atoms with E-state index in [1.165, 1.54) is 0 Å². The lowest BCUT2D eigenvalue weighted by Gasteiger charge is -2.36. The normalized spacial score (nSPS) is 19.4. The lowest BCUT2D eigenvalue weighted by molar-refractivity contribution is -0.135. The van der Waals surface area contributed by atoms with Crippen LogP contribution in [0.15, 0.2) is 24.5 Å². The number of rotatable bonds is 7. The molecule has 0 spiro atoms. The van der Waals surface area contributed by atoms with E-state index in [-0.39, 0.29) is 30.8 Å². The minimum Gasteiger partial charge on any atom is -0.391 e. The summed E-state index contributed by atoms with van der Waals surface area (Å²) in [6.07, 6.45) is 5.40. The molecular weight excluding hydrogens is 360 g/mol. The molecule has 2 aromatic rings. The molecular formula is C19H26N6O3. The molecule has 0 radical (unpaired) electrons. The van der Waals surface area contributed by atoms with Crippen LogP contribution in [-0.2, 0) is 16.0 Å². The number of amides is 2. The Hall–Kier alpha value is -2.81. The van der Waals surface area contributed by atoms with Crippen LogP contribution >= 0.6 is 0 Å². The van der Waals surface area contributed by atoms with Crippen LogP contribution in [0, 0.1) is 0 Å². The predicted molar refractivity (Wildman–Crippen MR) is 102 cm³/mol. The van der Waals surface area contributed by atoms with Crippen molar-refractivity contribution in [2.24, 2.45) is 0 Å². The summed E-state index contributed by atoms with van der Waals surface area (Å²) in [6.45, 7) is 2.67. The van der Waals surface area contributed by atoms with Gasteiger partial charge in [0, 0.05) is 43.5 Å². The van der Waals surface area contributed by atoms with Crippen LogP contribution in [0.25, 0.3) is 11.4 Å². The molecule has 150 valence electrons. The summed E-state index contributed by atoms with van der Waals surface area (Å²) in [5.41, 5.74) is 0.813. The number of piperidine rings is 1. The van der Waals surface area contributed by atoms with E-state index in [2.05, 4.69) is 25.5 Å². The summed E-state index contributed by atoms with van der Waals surface area (Å²) in [5.74, 6) is 0.764. The molecule has 0 saturated carbocycles. The van der Waals surface area contributed by atoms with Gasteiger partial charge in [0.2, 0.25) is 11.8 Å². The number of hydrogen-bond donors (Lipinski definition) is 3. The standard InChI is InChI=1S/C19H26N6O3/c1-2-3-4-17(27)21-14-9-15(26)12-25(11-14)18(28)10-16-22-19(24-23-16)13-5-7-20-8-6-13/h5-8,14-15,26H,2-4,9-12H2,1H3,(H,21,27)(H,22,23,24)/t14-,15+/m0/s1. The maximum atomic E-state index is 12.7. The SMILES string of the molecule is CCCCC(=O)N[C@H]1C[C@@H](O)CN(C(=O)Cc2nc(-c3ccncc3)n[nH]2)C1. The highest BCUT2D eigenvalue weighted by molar-refractivity contribution is 5.79. The van der Waals surface area contributed by atoms with Gasteiger partial charge >= 0.3 is 0 Å². The molecule has 2 aromatic heterocycles. The van der Waals surface area contributed by atoms with E-state index >= 15 is 0 Å². The number of carbonyl (C=O) groups is 2. The van der Waals surface area contributed by atoms with E-state index in [1.807, 2.05) is 6.92 Å². The number of unbranched alkanes of at least 4 members (excludes halogenated alkanes) is 1. The molecule has 1 saturated heterocycles. The Morgan fingerprint density at radius 2 is 2.11 bits per heavy atom. The van der Waals surface area contributed by atoms with Gasteiger partial charge in [-0.05, 0) is 25.0 Å². The predicted octanol–water partition coefficient (Wildman–Crippen LogP) is 0.677. The number of pyridine rings is 1. The Labute approximate surface area is 163 Å². The number of aromatic nitrogens is 4. The molecule has 1 aliphatic rings. The third-order valence-electron chi connectivity index (χ3n) is 4.69. The fourth-order valence-electron chi connectivity index (χ4n) is 3.28. The van der Waals surface area contributed by atoms with Gasteiger partial charge in [0.1, 0.15) is 5.82 Å². The summed E-state index contributed by atoms with van der Waals surface area (Å²) in [7, 11) is 0. The molecule has 3 N–H and O–H groups in total. The number of carbonyl (C=O) groups excluding carboxylic acids is 2. The largest absolute Gasteiger partial charge is 0.391 e. The Bertz CT molecular complexity index is 794. The van der Waals surface area contributed by atoms with Crippen molar-refractivity contribution < 1.29 is 14.7 Å². The second-order valence-electron chi connectivity index (χ2n) is 7.07. The zero-order valence-corrected chi connectivity index (χ0v) is 16.0. The number of H-pyrrole nitrogens is 1. The summed E-state index contributed by atoms with van der Waals surface area (Å²) < 4.78 is 0. The Morgan fingerprint density at radius 3 is 2.86 bits per heavy atom. The Kier molecular flexibility index (Phi) is 6.70. The average Bonchev–Trinajstić information content (AvgIpc) is 3.15. The van der Waals surface area contributed by atoms with Crippen LogP contribution in [-0.4, -0.2) is 67.2 Å². The maximum Gasteiger partial charge on any atom is 0.230 e. The third-order valence-corrected chi connectivity index (χ3v) is 4.69. The topological polar surface area (TPSA) is 124 Å². The molecule has 28 heavy (non-hydrogen) atoms. The molecule has 1 fully saturated rings. The summed E-state index contributed by atoms with van der Waals surface area (Å²) in [6, 6.07) is 3.35. The van der Waals surface area contributed by atoms with Gasteiger partial charge in [-0.1, -0.05) is 13.3 Å². The van der Waals surface area contributed by atoms with Gasteiger partial charge in [0.25, 0.3) is 0 Å². The van der Waals surface area contributed by atoms with E-state index < -0.39 is 6.10 Å². The second kappa shape index (κ2) is 9.41. The molecule has 0 aromatic carbocycles. The first kappa shape index (κ1) is 19.9. The highest BCUT2D eigenvalue weighted by Gasteiger charge is 2.30. The number of likely N-dealkylation sites (tertiary alicyclic amines) is 1. The van der Waals surface area contributed by atoms with E-state index in [1.54, 1.807) is 29.4 Å². The second-order valence-corrected chi connectivity index (χ2v) is 7.07. The van der Waals surface area contributed by atoms with Gasteiger partial charge in [0.05, 0.1) is 12.5 Å². The molecule has 3 rings (SSSR count). The van der Waals surface area contributed by atoms with Gasteiger partial charge in [0.15, 0.2) is 5.82 Å². The molecule has 2 atom stereocenters. The maximum absolute atomic E-state index is 12.7. The van der Waals surface area contributed by atoms with E-state index in [4.69, 9.17) is 0 Å². The van der Waals surface area contributed by atoms with Crippen LogP contribution in [0.4, 0.5) is 0 Å². The van der Waals surface area contributed by atoms with Crippen molar-refractivity contribution in [3.05, 3.63) is 30.4 Å². The molecule has 9 heteroatoms. The van der Waals surface area contributed by atoms with Gasteiger partial charge in [-0.25, -0.2) is 4.98 Å². The molecule has 1 aliphatic heterocycles. The fraction of sp³-hybridized carbons (Fsp3) is 0.526. The van der Waals surface area contributed by atoms with Crippen molar-refractivity contribution in [1.82, 2.24) is 30.4 Å². The number of aliphatic hydroxyl groups excluding tert-OH is 1. The van der Waals surface area contributed by atoms with Crippen LogP contribution < -0.4 is 5.32 Å². The Balaban J connectivity index is 1.57. The summed E-state index contributed by atoms with van der Waals surface area (Å²) in [4.78, 5) is 34.5. The molecule has 9 nitrogen and oxygen atoms in total. The molecule has 0 unspecified atom stereocenters. The lowest BCUT2D eigenvalue weighted by Crippen LogP contribution is -2.54. The van der Waals surface area contributed by atoms with Crippen molar-refractivity contribution >= 4 is 11.8 Å². The van der Waals surface area contributed by atoms with Crippen molar-refractivity contribution in [2.45, 2.75) is 51.2 Å². The fourth-order valence-corrected chi connectivity index (χ4v) is 3.28. The molecule has 3 heterocycles. The van der Waals surface area contributed by atoms with Crippen molar-refractivity contribution in [3.8, 4) is 11.4 Å². The highest BCUT2D eigenvalue weighted by Crippen LogP contribution is 2.15. The van der Waals surface area contributed by atoms with Crippen LogP contribution in [0.5, 0.6) is 0 Å². The monoisotopic (exact) mass is 386 g/mol. The summed E-state index contributed by atoms with van der Waals surface area (Å²) >= 11 is 0. The lowest BCUT2D eigenvalue weighted by atomic mass is 10.0. The van der Waals surface area contributed by atoms with Crippen LogP contribution in [0.3, 0.4) is 0 Å². The quantitative estimate of drug-likeness (QED) is 0.643. The molecule has 0 bridgehead atoms. The van der Waals surface area contributed by atoms with Gasteiger partial charge in [-0.15, -0.1) is 0 Å². The van der Waals surface area contributed by atoms with Crippen molar-refractivity contribution in [3.63, 3.8) is 0 Å². The van der Waals surface area contributed by atoms with Gasteiger partial charge < -0.3 is 15.3 Å². The van der Waals surface area contributed by atoms with E-state index in [9.17, 15) is 14.7 Å². The minimum atomic E-state index is -0.656. The minimum absolute atomic E-state index is 0.0365. The number of nitrogens with one attached hydrogen (secondary N) is 2. The zero-order chi connectivity index (χ0) is 19.9. The van der Waals surface area contributed by atoms with Gasteiger partial charge in [-0.2, -0.15) is 5.10 Å².